The van der Waals surface area contributed by atoms with Crippen molar-refractivity contribution in [2.45, 2.75) is 6.04 Å². The van der Waals surface area contributed by atoms with Crippen molar-refractivity contribution in [2.24, 2.45) is 0 Å². The highest BCUT2D eigenvalue weighted by Gasteiger charge is 2.23. The number of nitrogens with one attached hydrogen (secondary N) is 2. The van der Waals surface area contributed by atoms with Gasteiger partial charge in [-0.2, -0.15) is 0 Å². The fourth-order valence-corrected chi connectivity index (χ4v) is 1.63. The van der Waals surface area contributed by atoms with Gasteiger partial charge in [0.25, 0.3) is 5.56 Å². The molecule has 0 saturated carbocycles. The Balaban J connectivity index is 2.10. The molecular weight excluding hydrogens is 180 g/mol. The number of rotatable bonds is 2. The van der Waals surface area contributed by atoms with Crippen LogP contribution in [0.15, 0.2) is 17.1 Å². The molecule has 0 spiro atoms. The summed E-state index contributed by atoms with van der Waals surface area (Å²) in [5.41, 5.74) is 6.39. The van der Waals surface area contributed by atoms with E-state index >= 15 is 0 Å². The van der Waals surface area contributed by atoms with Gasteiger partial charge in [-0.25, -0.2) is 0 Å². The van der Waals surface area contributed by atoms with Crippen LogP contribution in [0.1, 0.15) is 0 Å². The third kappa shape index (κ3) is 1.58. The third-order valence-electron chi connectivity index (χ3n) is 2.42. The lowest BCUT2D eigenvalue weighted by atomic mass is 10.1. The fourth-order valence-electron chi connectivity index (χ4n) is 1.63. The van der Waals surface area contributed by atoms with E-state index in [1.54, 1.807) is 12.3 Å². The molecule has 2 heterocycles. The fraction of sp³-hybridized carbons (Fsp3) is 0.444. The van der Waals surface area contributed by atoms with E-state index in [0.29, 0.717) is 6.04 Å². The average molecular weight is 194 g/mol. The van der Waals surface area contributed by atoms with Crippen molar-refractivity contribution in [1.82, 2.24) is 9.88 Å². The van der Waals surface area contributed by atoms with E-state index < -0.39 is 0 Å². The summed E-state index contributed by atoms with van der Waals surface area (Å²) in [5, 5.41) is 3.23. The highest BCUT2D eigenvalue weighted by molar-refractivity contribution is 5.64. The van der Waals surface area contributed by atoms with E-state index in [-0.39, 0.29) is 11.2 Å². The zero-order chi connectivity index (χ0) is 10.1. The monoisotopic (exact) mass is 194 g/mol. The first-order valence-corrected chi connectivity index (χ1v) is 4.59. The van der Waals surface area contributed by atoms with Crippen LogP contribution in [0.5, 0.6) is 0 Å². The molecule has 0 unspecified atom stereocenters. The van der Waals surface area contributed by atoms with Gasteiger partial charge in [-0.3, -0.25) is 4.79 Å². The van der Waals surface area contributed by atoms with E-state index in [0.717, 1.165) is 18.8 Å². The number of nitrogen functional groups attached to an aromatic ring is 1. The number of likely N-dealkylation sites (N-methyl/N-ethyl adjacent to an activating group) is 1. The first kappa shape index (κ1) is 9.08. The van der Waals surface area contributed by atoms with Gasteiger partial charge < -0.3 is 20.9 Å². The van der Waals surface area contributed by atoms with Gasteiger partial charge in [-0.1, -0.05) is 0 Å². The van der Waals surface area contributed by atoms with Crippen LogP contribution in [0.25, 0.3) is 0 Å². The summed E-state index contributed by atoms with van der Waals surface area (Å²) in [4.78, 5) is 15.9. The smallest absolute Gasteiger partial charge is 0.273 e. The molecule has 0 aliphatic carbocycles. The Morgan fingerprint density at radius 2 is 2.36 bits per heavy atom. The van der Waals surface area contributed by atoms with E-state index in [9.17, 15) is 4.79 Å². The lowest BCUT2D eigenvalue weighted by Crippen LogP contribution is -2.52. The zero-order valence-electron chi connectivity index (χ0n) is 8.08. The number of likely N-dealkylation sites (tertiary alicyclic amines) is 1. The maximum atomic E-state index is 11.2. The number of nitrogens with zero attached hydrogens (tertiary/aromatic N) is 1. The van der Waals surface area contributed by atoms with Gasteiger partial charge in [0, 0.05) is 19.3 Å². The summed E-state index contributed by atoms with van der Waals surface area (Å²) >= 11 is 0. The lowest BCUT2D eigenvalue weighted by Gasteiger charge is -2.37. The molecule has 0 amide bonds. The molecule has 0 bridgehead atoms. The molecule has 1 aromatic heterocycles. The minimum atomic E-state index is -0.234. The van der Waals surface area contributed by atoms with Crippen molar-refractivity contribution in [2.75, 3.05) is 31.2 Å². The lowest BCUT2D eigenvalue weighted by molar-refractivity contribution is 0.205. The highest BCUT2D eigenvalue weighted by atomic mass is 16.1. The largest absolute Gasteiger partial charge is 0.393 e. The number of aromatic amines is 1. The maximum Gasteiger partial charge on any atom is 0.273 e. The Bertz CT molecular complexity index is 381. The predicted molar refractivity (Wildman–Crippen MR) is 56.4 cm³/mol. The Morgan fingerprint density at radius 3 is 3.00 bits per heavy atom. The normalized spacial score (nSPS) is 17.8. The molecule has 2 rings (SSSR count). The van der Waals surface area contributed by atoms with Gasteiger partial charge in [0.15, 0.2) is 0 Å². The molecule has 4 N–H and O–H groups in total. The summed E-state index contributed by atoms with van der Waals surface area (Å²) in [5.74, 6) is 0. The van der Waals surface area contributed by atoms with Crippen molar-refractivity contribution in [3.05, 3.63) is 22.6 Å². The molecule has 76 valence electrons. The van der Waals surface area contributed by atoms with Gasteiger partial charge in [0.2, 0.25) is 0 Å². The van der Waals surface area contributed by atoms with E-state index in [4.69, 9.17) is 5.73 Å². The van der Waals surface area contributed by atoms with Crippen LogP contribution in [0.3, 0.4) is 0 Å². The van der Waals surface area contributed by atoms with Crippen LogP contribution < -0.4 is 16.6 Å². The maximum absolute atomic E-state index is 11.2. The molecule has 0 radical (unpaired) electrons. The minimum absolute atomic E-state index is 0.234. The highest BCUT2D eigenvalue weighted by Crippen LogP contribution is 2.16. The molecule has 5 nitrogen and oxygen atoms in total. The quantitative estimate of drug-likeness (QED) is 0.603. The Morgan fingerprint density at radius 1 is 1.64 bits per heavy atom. The van der Waals surface area contributed by atoms with Crippen LogP contribution in [-0.2, 0) is 0 Å². The molecular formula is C9H14N4O. The summed E-state index contributed by atoms with van der Waals surface area (Å²) in [7, 11) is 2.05. The summed E-state index contributed by atoms with van der Waals surface area (Å²) < 4.78 is 0. The van der Waals surface area contributed by atoms with E-state index in [1.807, 2.05) is 0 Å². The van der Waals surface area contributed by atoms with Crippen molar-refractivity contribution >= 4 is 11.4 Å². The second-order valence-corrected chi connectivity index (χ2v) is 3.70. The average Bonchev–Trinajstić information content (AvgIpc) is 2.10. The first-order valence-electron chi connectivity index (χ1n) is 4.59. The second-order valence-electron chi connectivity index (χ2n) is 3.70. The molecule has 0 aromatic carbocycles. The van der Waals surface area contributed by atoms with E-state index in [2.05, 4.69) is 22.2 Å². The Hall–Kier alpha value is -1.49. The van der Waals surface area contributed by atoms with Crippen LogP contribution in [0.4, 0.5) is 11.4 Å². The molecule has 1 aliphatic rings. The SMILES string of the molecule is CN1CC(Nc2cc[nH]c(=O)c2N)C1. The van der Waals surface area contributed by atoms with Crippen molar-refractivity contribution in [3.63, 3.8) is 0 Å². The molecule has 1 aromatic rings. The molecule has 1 fully saturated rings. The van der Waals surface area contributed by atoms with Gasteiger partial charge in [-0.05, 0) is 13.1 Å². The first-order chi connectivity index (χ1) is 6.66. The van der Waals surface area contributed by atoms with Crippen LogP contribution in [-0.4, -0.2) is 36.1 Å². The number of hydrogen-bond acceptors (Lipinski definition) is 4. The number of aromatic nitrogens is 1. The standard InChI is InChI=1S/C9H14N4O/c1-13-4-6(5-13)12-7-2-3-11-9(14)8(7)10/h2-3,6H,4-5,10H2,1H3,(H2,11,12,14). The van der Waals surface area contributed by atoms with Crippen molar-refractivity contribution < 1.29 is 0 Å². The minimum Gasteiger partial charge on any atom is -0.393 e. The summed E-state index contributed by atoms with van der Waals surface area (Å²) in [6, 6.07) is 2.19. The topological polar surface area (TPSA) is 74.1 Å². The van der Waals surface area contributed by atoms with Crippen LogP contribution in [0, 0.1) is 0 Å². The van der Waals surface area contributed by atoms with E-state index in [1.165, 1.54) is 0 Å². The van der Waals surface area contributed by atoms with Crippen LogP contribution >= 0.6 is 0 Å². The number of hydrogen-bond donors (Lipinski definition) is 3. The number of H-pyrrole nitrogens is 1. The van der Waals surface area contributed by atoms with Crippen molar-refractivity contribution in [3.8, 4) is 0 Å². The molecule has 14 heavy (non-hydrogen) atoms. The molecule has 1 aliphatic heterocycles. The molecule has 5 heteroatoms. The van der Waals surface area contributed by atoms with Gasteiger partial charge in [-0.15, -0.1) is 0 Å². The summed E-state index contributed by atoms with van der Waals surface area (Å²) in [6.45, 7) is 1.98. The predicted octanol–water partition coefficient (Wildman–Crippen LogP) is -0.317. The number of anilines is 2. The molecule has 0 atom stereocenters. The summed E-state index contributed by atoms with van der Waals surface area (Å²) in [6.07, 6.45) is 1.60. The Kier molecular flexibility index (Phi) is 2.17. The Labute approximate surface area is 81.9 Å². The number of nitrogens with two attached hydrogens (primary N) is 1. The third-order valence-corrected chi connectivity index (χ3v) is 2.42. The van der Waals surface area contributed by atoms with Gasteiger partial charge >= 0.3 is 0 Å². The zero-order valence-corrected chi connectivity index (χ0v) is 8.08. The number of pyridine rings is 1. The van der Waals surface area contributed by atoms with Crippen molar-refractivity contribution in [1.29, 1.82) is 0 Å². The van der Waals surface area contributed by atoms with Gasteiger partial charge in [0.05, 0.1) is 11.7 Å². The van der Waals surface area contributed by atoms with Crippen LogP contribution in [0.2, 0.25) is 0 Å². The molecule has 1 saturated heterocycles. The second kappa shape index (κ2) is 3.34. The van der Waals surface area contributed by atoms with Gasteiger partial charge in [0.1, 0.15) is 5.69 Å².